The summed E-state index contributed by atoms with van der Waals surface area (Å²) in [6, 6.07) is 9.27. The average Bonchev–Trinajstić information content (AvgIpc) is 2.83. The van der Waals surface area contributed by atoms with Crippen molar-refractivity contribution < 1.29 is 0 Å². The van der Waals surface area contributed by atoms with Crippen molar-refractivity contribution in [3.63, 3.8) is 0 Å². The van der Waals surface area contributed by atoms with Crippen LogP contribution in [0, 0.1) is 6.92 Å². The van der Waals surface area contributed by atoms with Crippen LogP contribution in [0.25, 0.3) is 10.4 Å². The molecule has 0 spiro atoms. The molecule has 0 amide bonds. The lowest BCUT2D eigenvalue weighted by molar-refractivity contribution is 0.672. The van der Waals surface area contributed by atoms with E-state index in [1.807, 2.05) is 11.3 Å². The minimum atomic E-state index is 0.644. The molecule has 1 aromatic carbocycles. The second-order valence-electron chi connectivity index (χ2n) is 5.93. The van der Waals surface area contributed by atoms with E-state index < -0.39 is 0 Å². The monoisotopic (exact) mass is 270 g/mol. The van der Waals surface area contributed by atoms with Gasteiger partial charge in [-0.05, 0) is 72.9 Å². The van der Waals surface area contributed by atoms with Gasteiger partial charge in [0.05, 0.1) is 0 Å². The maximum Gasteiger partial charge on any atom is 0.0348 e. The van der Waals surface area contributed by atoms with Gasteiger partial charge in [0.2, 0.25) is 0 Å². The van der Waals surface area contributed by atoms with Crippen molar-refractivity contribution in [2.75, 3.05) is 0 Å². The van der Waals surface area contributed by atoms with Gasteiger partial charge in [-0.1, -0.05) is 26.0 Å². The van der Waals surface area contributed by atoms with E-state index in [1.165, 1.54) is 41.0 Å². The molecule has 0 unspecified atom stereocenters. The number of benzene rings is 1. The first-order chi connectivity index (χ1) is 9.16. The predicted octanol–water partition coefficient (Wildman–Crippen LogP) is 5.73. The lowest BCUT2D eigenvalue weighted by Crippen LogP contribution is -2.09. The number of rotatable bonds is 2. The van der Waals surface area contributed by atoms with E-state index in [1.54, 1.807) is 16.7 Å². The van der Waals surface area contributed by atoms with Crippen molar-refractivity contribution in [2.45, 2.75) is 52.4 Å². The molecular formula is C18H22S. The van der Waals surface area contributed by atoms with Crippen LogP contribution in [0.3, 0.4) is 0 Å². The highest BCUT2D eigenvalue weighted by atomic mass is 32.1. The average molecular weight is 270 g/mol. The smallest absolute Gasteiger partial charge is 0.0348 e. The van der Waals surface area contributed by atoms with E-state index >= 15 is 0 Å². The fourth-order valence-electron chi connectivity index (χ4n) is 3.25. The molecular weight excluding hydrogens is 248 g/mol. The van der Waals surface area contributed by atoms with Gasteiger partial charge in [0.15, 0.2) is 0 Å². The highest BCUT2D eigenvalue weighted by Crippen LogP contribution is 2.38. The standard InChI is InChI=1S/C18H22S/c1-12(2)14-9-10-17(18-11-8-13(3)19-18)16-7-5-4-6-15(14)16/h8-12H,4-7H2,1-3H3. The fourth-order valence-corrected chi connectivity index (χ4v) is 4.17. The van der Waals surface area contributed by atoms with Crippen molar-refractivity contribution in [3.8, 4) is 10.4 Å². The minimum Gasteiger partial charge on any atom is -0.141 e. The summed E-state index contributed by atoms with van der Waals surface area (Å²) in [6.45, 7) is 6.83. The summed E-state index contributed by atoms with van der Waals surface area (Å²) < 4.78 is 0. The second-order valence-corrected chi connectivity index (χ2v) is 7.22. The summed E-state index contributed by atoms with van der Waals surface area (Å²) in [5.74, 6) is 0.644. The summed E-state index contributed by atoms with van der Waals surface area (Å²) in [6.07, 6.45) is 5.26. The molecule has 1 heterocycles. The Hall–Kier alpha value is -1.08. The van der Waals surface area contributed by atoms with E-state index in [4.69, 9.17) is 0 Å². The third-order valence-corrected chi connectivity index (χ3v) is 5.23. The van der Waals surface area contributed by atoms with Crippen molar-refractivity contribution in [3.05, 3.63) is 45.8 Å². The van der Waals surface area contributed by atoms with Gasteiger partial charge in [0, 0.05) is 9.75 Å². The van der Waals surface area contributed by atoms with Gasteiger partial charge in [-0.2, -0.15) is 0 Å². The zero-order valence-electron chi connectivity index (χ0n) is 12.1. The molecule has 0 N–H and O–H groups in total. The molecule has 0 saturated heterocycles. The quantitative estimate of drug-likeness (QED) is 0.654. The van der Waals surface area contributed by atoms with E-state index in [2.05, 4.69) is 45.0 Å². The molecule has 1 heteroatoms. The van der Waals surface area contributed by atoms with Crippen LogP contribution in [0.15, 0.2) is 24.3 Å². The zero-order chi connectivity index (χ0) is 13.4. The van der Waals surface area contributed by atoms with Crippen LogP contribution in [-0.2, 0) is 12.8 Å². The van der Waals surface area contributed by atoms with Crippen molar-refractivity contribution in [1.82, 2.24) is 0 Å². The van der Waals surface area contributed by atoms with Gasteiger partial charge in [0.25, 0.3) is 0 Å². The fraction of sp³-hybridized carbons (Fsp3) is 0.444. The van der Waals surface area contributed by atoms with E-state index in [0.29, 0.717) is 5.92 Å². The normalized spacial score (nSPS) is 14.7. The zero-order valence-corrected chi connectivity index (χ0v) is 12.9. The molecule has 0 nitrogen and oxygen atoms in total. The maximum atomic E-state index is 2.37. The SMILES string of the molecule is Cc1ccc(-c2ccc(C(C)C)c3c2CCCC3)s1. The Morgan fingerprint density at radius 3 is 2.32 bits per heavy atom. The molecule has 0 fully saturated rings. The van der Waals surface area contributed by atoms with Gasteiger partial charge in [0.1, 0.15) is 0 Å². The van der Waals surface area contributed by atoms with Crippen molar-refractivity contribution in [2.24, 2.45) is 0 Å². The van der Waals surface area contributed by atoms with E-state index in [-0.39, 0.29) is 0 Å². The first-order valence-corrected chi connectivity index (χ1v) is 8.20. The van der Waals surface area contributed by atoms with Crippen LogP contribution in [-0.4, -0.2) is 0 Å². The summed E-state index contributed by atoms with van der Waals surface area (Å²) in [4.78, 5) is 2.86. The van der Waals surface area contributed by atoms with Crippen molar-refractivity contribution >= 4 is 11.3 Å². The number of hydrogen-bond donors (Lipinski definition) is 0. The Kier molecular flexibility index (Phi) is 3.49. The van der Waals surface area contributed by atoms with Gasteiger partial charge in [-0.15, -0.1) is 11.3 Å². The molecule has 0 aliphatic heterocycles. The lowest BCUT2D eigenvalue weighted by Gasteiger charge is -2.24. The first-order valence-electron chi connectivity index (χ1n) is 7.38. The molecule has 19 heavy (non-hydrogen) atoms. The maximum absolute atomic E-state index is 2.37. The molecule has 3 rings (SSSR count). The van der Waals surface area contributed by atoms with Crippen LogP contribution in [0.5, 0.6) is 0 Å². The van der Waals surface area contributed by atoms with E-state index in [0.717, 1.165) is 0 Å². The second kappa shape index (κ2) is 5.13. The summed E-state index contributed by atoms with van der Waals surface area (Å²) in [5.41, 5.74) is 6.37. The topological polar surface area (TPSA) is 0 Å². The Labute approximate surface area is 120 Å². The van der Waals surface area contributed by atoms with Crippen LogP contribution in [0.2, 0.25) is 0 Å². The molecule has 2 aromatic rings. The van der Waals surface area contributed by atoms with Crippen LogP contribution < -0.4 is 0 Å². The molecule has 1 aliphatic rings. The van der Waals surface area contributed by atoms with Gasteiger partial charge in [-0.3, -0.25) is 0 Å². The van der Waals surface area contributed by atoms with Crippen molar-refractivity contribution in [1.29, 1.82) is 0 Å². The Balaban J connectivity index is 2.16. The lowest BCUT2D eigenvalue weighted by atomic mass is 9.82. The van der Waals surface area contributed by atoms with Gasteiger partial charge < -0.3 is 0 Å². The number of aryl methyl sites for hydroxylation is 1. The highest BCUT2D eigenvalue weighted by molar-refractivity contribution is 7.15. The highest BCUT2D eigenvalue weighted by Gasteiger charge is 2.19. The molecule has 1 aromatic heterocycles. The van der Waals surface area contributed by atoms with Crippen LogP contribution >= 0.6 is 11.3 Å². The molecule has 0 bridgehead atoms. The third kappa shape index (κ3) is 2.36. The molecule has 0 atom stereocenters. The molecule has 100 valence electrons. The summed E-state index contributed by atoms with van der Waals surface area (Å²) >= 11 is 1.93. The number of hydrogen-bond acceptors (Lipinski definition) is 1. The number of thiophene rings is 1. The molecule has 0 radical (unpaired) electrons. The predicted molar refractivity (Wildman–Crippen MR) is 85.2 cm³/mol. The number of fused-ring (bicyclic) bond motifs is 1. The Morgan fingerprint density at radius 1 is 0.947 bits per heavy atom. The Morgan fingerprint density at radius 2 is 1.68 bits per heavy atom. The van der Waals surface area contributed by atoms with Gasteiger partial charge >= 0.3 is 0 Å². The third-order valence-electron chi connectivity index (χ3n) is 4.20. The van der Waals surface area contributed by atoms with Crippen LogP contribution in [0.1, 0.15) is 54.2 Å². The minimum absolute atomic E-state index is 0.644. The largest absolute Gasteiger partial charge is 0.141 e. The van der Waals surface area contributed by atoms with Crippen LogP contribution in [0.4, 0.5) is 0 Å². The first kappa shape index (κ1) is 12.9. The molecule has 1 aliphatic carbocycles. The summed E-state index contributed by atoms with van der Waals surface area (Å²) in [5, 5.41) is 0. The molecule has 0 saturated carbocycles. The van der Waals surface area contributed by atoms with Gasteiger partial charge in [-0.25, -0.2) is 0 Å². The summed E-state index contributed by atoms with van der Waals surface area (Å²) in [7, 11) is 0. The Bertz CT molecular complexity index is 590. The van der Waals surface area contributed by atoms with E-state index in [9.17, 15) is 0 Å².